The molecule has 2 atom stereocenters. The highest BCUT2D eigenvalue weighted by molar-refractivity contribution is 5.49. The Labute approximate surface area is 106 Å². The van der Waals surface area contributed by atoms with E-state index in [1.807, 2.05) is 26.1 Å². The van der Waals surface area contributed by atoms with Gasteiger partial charge in [0.2, 0.25) is 0 Å². The SMILES string of the molecule is CC(C)n1cc2c(nc1=O)NC1C=CC=CC1C2. The van der Waals surface area contributed by atoms with Crippen LogP contribution in [0.2, 0.25) is 0 Å². The molecule has 94 valence electrons. The smallest absolute Gasteiger partial charge is 0.349 e. The first-order valence-corrected chi connectivity index (χ1v) is 6.39. The van der Waals surface area contributed by atoms with Gasteiger partial charge in [0.15, 0.2) is 0 Å². The molecule has 1 aromatic heterocycles. The normalized spacial score (nSPS) is 24.6. The number of nitrogens with zero attached hydrogens (tertiary/aromatic N) is 2. The molecule has 1 aliphatic carbocycles. The molecular formula is C14H17N3O. The van der Waals surface area contributed by atoms with E-state index in [4.69, 9.17) is 0 Å². The van der Waals surface area contributed by atoms with Gasteiger partial charge in [-0.2, -0.15) is 4.98 Å². The summed E-state index contributed by atoms with van der Waals surface area (Å²) in [5.41, 5.74) is 0.953. The third-order valence-electron chi connectivity index (χ3n) is 3.59. The van der Waals surface area contributed by atoms with E-state index in [2.05, 4.69) is 28.5 Å². The predicted molar refractivity (Wildman–Crippen MR) is 71.8 cm³/mol. The number of hydrogen-bond donors (Lipinski definition) is 1. The molecule has 1 N–H and O–H groups in total. The summed E-state index contributed by atoms with van der Waals surface area (Å²) in [6.07, 6.45) is 11.3. The number of allylic oxidation sites excluding steroid dienone is 2. The fourth-order valence-corrected chi connectivity index (χ4v) is 2.57. The van der Waals surface area contributed by atoms with Crippen LogP contribution in [0.5, 0.6) is 0 Å². The average Bonchev–Trinajstić information content (AvgIpc) is 2.35. The Hall–Kier alpha value is -1.84. The van der Waals surface area contributed by atoms with Crippen LogP contribution < -0.4 is 11.0 Å². The van der Waals surface area contributed by atoms with E-state index in [0.29, 0.717) is 5.92 Å². The van der Waals surface area contributed by atoms with Crippen LogP contribution in [0.25, 0.3) is 0 Å². The van der Waals surface area contributed by atoms with Crippen LogP contribution in [-0.4, -0.2) is 15.6 Å². The van der Waals surface area contributed by atoms with Crippen molar-refractivity contribution in [2.24, 2.45) is 5.92 Å². The van der Waals surface area contributed by atoms with E-state index in [9.17, 15) is 4.79 Å². The van der Waals surface area contributed by atoms with Gasteiger partial charge in [0.1, 0.15) is 5.82 Å². The highest BCUT2D eigenvalue weighted by atomic mass is 16.1. The minimum Gasteiger partial charge on any atom is -0.363 e. The first-order chi connectivity index (χ1) is 8.65. The zero-order chi connectivity index (χ0) is 12.7. The standard InChI is InChI=1S/C14H17N3O/c1-9(2)17-8-11-7-10-5-3-4-6-12(10)15-13(11)16-14(17)18/h3-6,8-10,12H,7H2,1-2H3,(H,15,16,18). The maximum absolute atomic E-state index is 11.9. The molecule has 2 heterocycles. The van der Waals surface area contributed by atoms with Crippen LogP contribution >= 0.6 is 0 Å². The first-order valence-electron chi connectivity index (χ1n) is 6.39. The van der Waals surface area contributed by atoms with Crippen LogP contribution in [0.1, 0.15) is 25.5 Å². The molecule has 0 radical (unpaired) electrons. The lowest BCUT2D eigenvalue weighted by molar-refractivity contribution is 0.529. The maximum Gasteiger partial charge on any atom is 0.349 e. The molecule has 0 aromatic carbocycles. The van der Waals surface area contributed by atoms with E-state index in [1.165, 1.54) is 0 Å². The molecule has 1 aliphatic heterocycles. The lowest BCUT2D eigenvalue weighted by atomic mass is 9.86. The van der Waals surface area contributed by atoms with Crippen molar-refractivity contribution in [3.63, 3.8) is 0 Å². The zero-order valence-corrected chi connectivity index (χ0v) is 10.6. The topological polar surface area (TPSA) is 46.9 Å². The summed E-state index contributed by atoms with van der Waals surface area (Å²) in [6, 6.07) is 0.416. The molecule has 18 heavy (non-hydrogen) atoms. The van der Waals surface area contributed by atoms with Crippen LogP contribution in [0, 0.1) is 5.92 Å². The van der Waals surface area contributed by atoms with Crippen molar-refractivity contribution in [3.05, 3.63) is 46.5 Å². The Balaban J connectivity index is 2.03. The van der Waals surface area contributed by atoms with Crippen LogP contribution in [-0.2, 0) is 6.42 Å². The molecule has 2 unspecified atom stereocenters. The van der Waals surface area contributed by atoms with Crippen LogP contribution in [0.4, 0.5) is 5.82 Å². The van der Waals surface area contributed by atoms with Crippen molar-refractivity contribution in [3.8, 4) is 0 Å². The van der Waals surface area contributed by atoms with Crippen molar-refractivity contribution >= 4 is 5.82 Å². The van der Waals surface area contributed by atoms with Crippen molar-refractivity contribution < 1.29 is 0 Å². The molecule has 0 saturated carbocycles. The lowest BCUT2D eigenvalue weighted by Gasteiger charge is -2.32. The number of rotatable bonds is 1. The largest absolute Gasteiger partial charge is 0.363 e. The number of hydrogen-bond acceptors (Lipinski definition) is 3. The Bertz CT molecular complexity index is 583. The van der Waals surface area contributed by atoms with Gasteiger partial charge in [-0.25, -0.2) is 4.79 Å². The summed E-state index contributed by atoms with van der Waals surface area (Å²) >= 11 is 0. The molecule has 0 bridgehead atoms. The summed E-state index contributed by atoms with van der Waals surface area (Å²) in [5.74, 6) is 1.21. The van der Waals surface area contributed by atoms with Crippen molar-refractivity contribution in [2.45, 2.75) is 32.4 Å². The summed E-state index contributed by atoms with van der Waals surface area (Å²) in [5, 5.41) is 3.34. The van der Waals surface area contributed by atoms with Crippen molar-refractivity contribution in [2.75, 3.05) is 5.32 Å². The van der Waals surface area contributed by atoms with Crippen molar-refractivity contribution in [1.29, 1.82) is 0 Å². The van der Waals surface area contributed by atoms with Gasteiger partial charge < -0.3 is 5.32 Å². The van der Waals surface area contributed by atoms with Gasteiger partial charge in [0, 0.05) is 23.7 Å². The Kier molecular flexibility index (Phi) is 2.58. The minimum atomic E-state index is -0.176. The number of fused-ring (bicyclic) bond motifs is 2. The second kappa shape index (κ2) is 4.12. The molecule has 4 heteroatoms. The Morgan fingerprint density at radius 1 is 1.39 bits per heavy atom. The summed E-state index contributed by atoms with van der Waals surface area (Å²) in [7, 11) is 0. The molecule has 4 nitrogen and oxygen atoms in total. The van der Waals surface area contributed by atoms with E-state index in [0.717, 1.165) is 17.8 Å². The molecule has 2 aliphatic rings. The number of anilines is 1. The van der Waals surface area contributed by atoms with Crippen molar-refractivity contribution in [1.82, 2.24) is 9.55 Å². The maximum atomic E-state index is 11.9. The van der Waals surface area contributed by atoms with E-state index < -0.39 is 0 Å². The summed E-state index contributed by atoms with van der Waals surface area (Å²) < 4.78 is 1.70. The molecule has 1 aromatic rings. The van der Waals surface area contributed by atoms with Crippen LogP contribution in [0.3, 0.4) is 0 Å². The van der Waals surface area contributed by atoms with Gasteiger partial charge >= 0.3 is 5.69 Å². The second-order valence-electron chi connectivity index (χ2n) is 5.21. The highest BCUT2D eigenvalue weighted by Gasteiger charge is 2.27. The van der Waals surface area contributed by atoms with E-state index in [-0.39, 0.29) is 17.8 Å². The number of aromatic nitrogens is 2. The number of nitrogens with one attached hydrogen (secondary N) is 1. The lowest BCUT2D eigenvalue weighted by Crippen LogP contribution is -2.37. The Morgan fingerprint density at radius 3 is 2.94 bits per heavy atom. The third-order valence-corrected chi connectivity index (χ3v) is 3.59. The summed E-state index contributed by atoms with van der Waals surface area (Å²) in [4.78, 5) is 16.0. The van der Waals surface area contributed by atoms with Crippen LogP contribution in [0.15, 0.2) is 35.3 Å². The first kappa shape index (κ1) is 11.3. The fourth-order valence-electron chi connectivity index (χ4n) is 2.57. The van der Waals surface area contributed by atoms with Gasteiger partial charge in [-0.15, -0.1) is 0 Å². The van der Waals surface area contributed by atoms with Gasteiger partial charge in [-0.3, -0.25) is 4.57 Å². The summed E-state index contributed by atoms with van der Waals surface area (Å²) in [6.45, 7) is 4.00. The highest BCUT2D eigenvalue weighted by Crippen LogP contribution is 2.29. The average molecular weight is 243 g/mol. The fraction of sp³-hybridized carbons (Fsp3) is 0.429. The quantitative estimate of drug-likeness (QED) is 0.819. The molecule has 0 spiro atoms. The predicted octanol–water partition coefficient (Wildman–Crippen LogP) is 1.90. The van der Waals surface area contributed by atoms with Gasteiger partial charge in [0.05, 0.1) is 6.04 Å². The zero-order valence-electron chi connectivity index (χ0n) is 10.6. The third kappa shape index (κ3) is 1.78. The molecule has 0 amide bonds. The molecular weight excluding hydrogens is 226 g/mol. The molecule has 0 saturated heterocycles. The Morgan fingerprint density at radius 2 is 2.17 bits per heavy atom. The monoisotopic (exact) mass is 243 g/mol. The van der Waals surface area contributed by atoms with Gasteiger partial charge in [0.25, 0.3) is 0 Å². The van der Waals surface area contributed by atoms with Gasteiger partial charge in [-0.05, 0) is 20.3 Å². The van der Waals surface area contributed by atoms with E-state index in [1.54, 1.807) is 4.57 Å². The molecule has 0 fully saturated rings. The van der Waals surface area contributed by atoms with E-state index >= 15 is 0 Å². The molecule has 3 rings (SSSR count). The second-order valence-corrected chi connectivity index (χ2v) is 5.21. The minimum absolute atomic E-state index is 0.148. The van der Waals surface area contributed by atoms with Gasteiger partial charge in [-0.1, -0.05) is 24.3 Å².